The van der Waals surface area contributed by atoms with Gasteiger partial charge in [-0.3, -0.25) is 25.2 Å². The maximum absolute atomic E-state index is 14.2. The van der Waals surface area contributed by atoms with E-state index < -0.39 is 18.0 Å². The van der Waals surface area contributed by atoms with E-state index in [1.165, 1.54) is 0 Å². The minimum Gasteiger partial charge on any atom is -0.354 e. The van der Waals surface area contributed by atoms with Crippen LogP contribution in [0.5, 0.6) is 0 Å². The monoisotopic (exact) mass is 570 g/mol. The number of fused-ring (bicyclic) bond motifs is 2. The predicted octanol–water partition coefficient (Wildman–Crippen LogP) is 6.18. The molecule has 1 aromatic heterocycles. The molecule has 6 rings (SSSR count). The van der Waals surface area contributed by atoms with Crippen LogP contribution in [0, 0.1) is 5.92 Å². The Bertz CT molecular complexity index is 1780. The van der Waals surface area contributed by atoms with Gasteiger partial charge in [0.05, 0.1) is 18.2 Å². The van der Waals surface area contributed by atoms with Gasteiger partial charge in [-0.15, -0.1) is 0 Å². The molecule has 2 atom stereocenters. The van der Waals surface area contributed by atoms with E-state index >= 15 is 0 Å². The fourth-order valence-electron chi connectivity index (χ4n) is 6.07. The first-order valence-electron chi connectivity index (χ1n) is 14.6. The molecule has 3 N–H and O–H groups in total. The summed E-state index contributed by atoms with van der Waals surface area (Å²) in [6, 6.07) is 33.7. The first-order chi connectivity index (χ1) is 20.9. The molecule has 0 spiro atoms. The van der Waals surface area contributed by atoms with Crippen molar-refractivity contribution in [2.24, 2.45) is 5.92 Å². The lowest BCUT2D eigenvalue weighted by molar-refractivity contribution is -0.132. The Hall–Kier alpha value is -5.17. The van der Waals surface area contributed by atoms with Crippen molar-refractivity contribution in [2.45, 2.75) is 38.8 Å². The number of aromatic amines is 1. The van der Waals surface area contributed by atoms with Crippen molar-refractivity contribution >= 4 is 28.6 Å². The van der Waals surface area contributed by atoms with E-state index in [1.54, 1.807) is 4.90 Å². The minimum absolute atomic E-state index is 0.101. The molecule has 1 aliphatic heterocycles. The zero-order valence-corrected chi connectivity index (χ0v) is 24.2. The van der Waals surface area contributed by atoms with Crippen LogP contribution in [0.15, 0.2) is 109 Å². The fourth-order valence-corrected chi connectivity index (χ4v) is 6.07. The molecule has 7 heteroatoms. The highest BCUT2D eigenvalue weighted by atomic mass is 16.2. The Morgan fingerprint density at radius 1 is 0.814 bits per heavy atom. The van der Waals surface area contributed by atoms with Crippen molar-refractivity contribution in [1.29, 1.82) is 0 Å². The van der Waals surface area contributed by atoms with Gasteiger partial charge in [-0.25, -0.2) is 0 Å². The number of benzene rings is 4. The first-order valence-corrected chi connectivity index (χ1v) is 14.6. The van der Waals surface area contributed by atoms with Crippen LogP contribution in [0.3, 0.4) is 0 Å². The highest BCUT2D eigenvalue weighted by Crippen LogP contribution is 2.46. The van der Waals surface area contributed by atoms with Crippen molar-refractivity contribution in [3.05, 3.63) is 131 Å². The quantitative estimate of drug-likeness (QED) is 0.194. The Labute approximate surface area is 250 Å². The maximum atomic E-state index is 14.2. The van der Waals surface area contributed by atoms with E-state index in [2.05, 4.69) is 21.9 Å². The number of hydrogen-bond acceptors (Lipinski definition) is 3. The lowest BCUT2D eigenvalue weighted by Gasteiger charge is -2.34. The number of hydrazine groups is 1. The first kappa shape index (κ1) is 28.0. The highest BCUT2D eigenvalue weighted by Gasteiger charge is 2.45. The molecule has 5 aromatic rings. The molecular formula is C36H34N4O3. The van der Waals surface area contributed by atoms with E-state index in [0.717, 1.165) is 38.9 Å². The number of carbonyl (C=O) groups excluding carboxylic acids is 3. The average Bonchev–Trinajstić information content (AvgIpc) is 3.54. The third-order valence-corrected chi connectivity index (χ3v) is 7.95. The topological polar surface area (TPSA) is 94.3 Å². The van der Waals surface area contributed by atoms with Gasteiger partial charge < -0.3 is 9.88 Å². The van der Waals surface area contributed by atoms with Gasteiger partial charge >= 0.3 is 0 Å². The standard InChI is InChI=1S/C36H34N4O3/c1-23(2)21-30(35(42)39-38-31(41)22-24-13-5-3-6-14-24)40-34(26-17-9-10-18-27(26)36(40)43)32-28-19-11-12-20-29(28)37-33(32)25-15-7-4-8-16-25/h3-20,23,30,34,37H,21-22H2,1-2H3,(H,38,41)(H,39,42). The van der Waals surface area contributed by atoms with E-state index in [0.29, 0.717) is 12.0 Å². The summed E-state index contributed by atoms with van der Waals surface area (Å²) in [4.78, 5) is 46.2. The largest absolute Gasteiger partial charge is 0.354 e. The molecule has 0 radical (unpaired) electrons. The Kier molecular flexibility index (Phi) is 7.79. The number of carbonyl (C=O) groups is 3. The summed E-state index contributed by atoms with van der Waals surface area (Å²) in [5.41, 5.74) is 11.3. The molecule has 3 amide bonds. The summed E-state index contributed by atoms with van der Waals surface area (Å²) >= 11 is 0. The van der Waals surface area contributed by atoms with Gasteiger partial charge in [0.2, 0.25) is 5.91 Å². The number of amides is 3. The van der Waals surface area contributed by atoms with Crippen LogP contribution in [0.25, 0.3) is 22.2 Å². The second-order valence-electron chi connectivity index (χ2n) is 11.4. The van der Waals surface area contributed by atoms with Crippen LogP contribution in [0.1, 0.15) is 53.4 Å². The molecule has 0 aliphatic carbocycles. The number of H-pyrrole nitrogens is 1. The van der Waals surface area contributed by atoms with Gasteiger partial charge in [0, 0.05) is 22.0 Å². The summed E-state index contributed by atoms with van der Waals surface area (Å²) in [5.74, 6) is -0.869. The second kappa shape index (κ2) is 12.0. The molecule has 2 unspecified atom stereocenters. The van der Waals surface area contributed by atoms with Crippen molar-refractivity contribution in [3.63, 3.8) is 0 Å². The van der Waals surface area contributed by atoms with Gasteiger partial charge in [-0.2, -0.15) is 0 Å². The fraction of sp³-hybridized carbons (Fsp3) is 0.194. The average molecular weight is 571 g/mol. The lowest BCUT2D eigenvalue weighted by Crippen LogP contribution is -2.54. The predicted molar refractivity (Wildman–Crippen MR) is 168 cm³/mol. The van der Waals surface area contributed by atoms with Crippen LogP contribution >= 0.6 is 0 Å². The van der Waals surface area contributed by atoms with Crippen LogP contribution in [-0.4, -0.2) is 33.6 Å². The minimum atomic E-state index is -0.834. The Balaban J connectivity index is 1.42. The molecule has 4 aromatic carbocycles. The van der Waals surface area contributed by atoms with Crippen LogP contribution < -0.4 is 10.9 Å². The SMILES string of the molecule is CC(C)CC(C(=O)NNC(=O)Cc1ccccc1)N1C(=O)c2ccccc2C1c1c(-c2ccccc2)[nH]c2ccccc12. The number of hydrogen-bond donors (Lipinski definition) is 3. The zero-order chi connectivity index (χ0) is 29.9. The summed E-state index contributed by atoms with van der Waals surface area (Å²) in [5, 5.41) is 0.987. The summed E-state index contributed by atoms with van der Waals surface area (Å²) in [7, 11) is 0. The number of rotatable bonds is 8. The van der Waals surface area contributed by atoms with Gasteiger partial charge in [0.25, 0.3) is 11.8 Å². The van der Waals surface area contributed by atoms with Gasteiger partial charge in [0.15, 0.2) is 0 Å². The van der Waals surface area contributed by atoms with Crippen molar-refractivity contribution in [3.8, 4) is 11.3 Å². The molecule has 7 nitrogen and oxygen atoms in total. The van der Waals surface area contributed by atoms with Gasteiger partial charge in [0.1, 0.15) is 6.04 Å². The van der Waals surface area contributed by atoms with Crippen LogP contribution in [0.4, 0.5) is 0 Å². The Morgan fingerprint density at radius 2 is 1.47 bits per heavy atom. The molecule has 1 aliphatic rings. The lowest BCUT2D eigenvalue weighted by atomic mass is 9.91. The molecule has 43 heavy (non-hydrogen) atoms. The van der Waals surface area contributed by atoms with Gasteiger partial charge in [-0.1, -0.05) is 111 Å². The molecule has 0 fully saturated rings. The number of nitrogens with one attached hydrogen (secondary N) is 3. The van der Waals surface area contributed by atoms with Crippen molar-refractivity contribution in [2.75, 3.05) is 0 Å². The van der Waals surface area contributed by atoms with Crippen molar-refractivity contribution in [1.82, 2.24) is 20.7 Å². The van der Waals surface area contributed by atoms with E-state index in [-0.39, 0.29) is 24.2 Å². The van der Waals surface area contributed by atoms with E-state index in [9.17, 15) is 14.4 Å². The van der Waals surface area contributed by atoms with Crippen LogP contribution in [0.2, 0.25) is 0 Å². The maximum Gasteiger partial charge on any atom is 0.261 e. The second-order valence-corrected chi connectivity index (χ2v) is 11.4. The van der Waals surface area contributed by atoms with Gasteiger partial charge in [-0.05, 0) is 41.2 Å². The van der Waals surface area contributed by atoms with Crippen molar-refractivity contribution < 1.29 is 14.4 Å². The summed E-state index contributed by atoms with van der Waals surface area (Å²) in [6.07, 6.45) is 0.544. The molecule has 0 saturated carbocycles. The van der Waals surface area contributed by atoms with E-state index in [1.807, 2.05) is 117 Å². The normalized spacial score (nSPS) is 15.0. The molecule has 0 saturated heterocycles. The zero-order valence-electron chi connectivity index (χ0n) is 24.2. The number of nitrogens with zero attached hydrogens (tertiary/aromatic N) is 1. The molecular weight excluding hydrogens is 536 g/mol. The Morgan fingerprint density at radius 3 is 2.21 bits per heavy atom. The van der Waals surface area contributed by atoms with E-state index in [4.69, 9.17) is 0 Å². The third kappa shape index (κ3) is 5.54. The summed E-state index contributed by atoms with van der Waals surface area (Å²) in [6.45, 7) is 4.05. The molecule has 216 valence electrons. The smallest absolute Gasteiger partial charge is 0.261 e. The molecule has 2 heterocycles. The third-order valence-electron chi connectivity index (χ3n) is 7.95. The van der Waals surface area contributed by atoms with Crippen LogP contribution in [-0.2, 0) is 16.0 Å². The highest BCUT2D eigenvalue weighted by molar-refractivity contribution is 6.04. The summed E-state index contributed by atoms with van der Waals surface area (Å²) < 4.78 is 0. The number of aromatic nitrogens is 1. The number of para-hydroxylation sites is 1. The molecule has 0 bridgehead atoms.